The minimum absolute atomic E-state index is 0.190. The van der Waals surface area contributed by atoms with Crippen molar-refractivity contribution in [3.05, 3.63) is 71.5 Å². The lowest BCUT2D eigenvalue weighted by molar-refractivity contribution is 0.104. The summed E-state index contributed by atoms with van der Waals surface area (Å²) in [5.41, 5.74) is 1.86. The van der Waals surface area contributed by atoms with Crippen LogP contribution in [-0.4, -0.2) is 26.2 Å². The summed E-state index contributed by atoms with van der Waals surface area (Å²) in [5, 5.41) is 5.53. The first-order chi connectivity index (χ1) is 11.2. The van der Waals surface area contributed by atoms with Crippen LogP contribution in [0, 0.1) is 5.82 Å². The number of carbonyl (C=O) groups excluding carboxylic acids is 1. The highest BCUT2D eigenvalue weighted by Crippen LogP contribution is 2.14. The number of amides is 2. The van der Waals surface area contributed by atoms with Gasteiger partial charge >= 0.3 is 6.03 Å². The SMILES string of the molecule is COC(CNC(=O)NCCc1cccc(F)c1)c1ccccc1. The highest BCUT2D eigenvalue weighted by molar-refractivity contribution is 5.73. The maximum atomic E-state index is 13.0. The Morgan fingerprint density at radius 2 is 1.91 bits per heavy atom. The van der Waals surface area contributed by atoms with E-state index in [1.807, 2.05) is 36.4 Å². The first-order valence-corrected chi connectivity index (χ1v) is 7.53. The van der Waals surface area contributed by atoms with Crippen molar-refractivity contribution >= 4 is 6.03 Å². The Kier molecular flexibility index (Phi) is 6.56. The molecule has 2 rings (SSSR count). The van der Waals surface area contributed by atoms with Gasteiger partial charge in [0.25, 0.3) is 0 Å². The summed E-state index contributed by atoms with van der Waals surface area (Å²) >= 11 is 0. The second kappa shape index (κ2) is 8.90. The second-order valence-electron chi connectivity index (χ2n) is 5.15. The maximum absolute atomic E-state index is 13.0. The van der Waals surface area contributed by atoms with E-state index in [4.69, 9.17) is 4.74 Å². The van der Waals surface area contributed by atoms with Crippen molar-refractivity contribution in [1.29, 1.82) is 0 Å². The van der Waals surface area contributed by atoms with Crippen LogP contribution in [0.1, 0.15) is 17.2 Å². The van der Waals surface area contributed by atoms with Crippen LogP contribution in [0.3, 0.4) is 0 Å². The smallest absolute Gasteiger partial charge is 0.314 e. The first kappa shape index (κ1) is 17.0. The highest BCUT2D eigenvalue weighted by atomic mass is 19.1. The van der Waals surface area contributed by atoms with Crippen molar-refractivity contribution < 1.29 is 13.9 Å². The molecule has 0 aliphatic rings. The fourth-order valence-corrected chi connectivity index (χ4v) is 2.27. The third kappa shape index (κ3) is 5.71. The molecule has 0 saturated heterocycles. The molecule has 2 aromatic carbocycles. The number of carbonyl (C=O) groups is 1. The van der Waals surface area contributed by atoms with Gasteiger partial charge in [-0.25, -0.2) is 9.18 Å². The van der Waals surface area contributed by atoms with Crippen LogP contribution in [0.4, 0.5) is 9.18 Å². The van der Waals surface area contributed by atoms with Crippen molar-refractivity contribution in [1.82, 2.24) is 10.6 Å². The summed E-state index contributed by atoms with van der Waals surface area (Å²) in [6.45, 7) is 0.824. The molecule has 0 fully saturated rings. The van der Waals surface area contributed by atoms with Gasteiger partial charge in [-0.2, -0.15) is 0 Å². The fraction of sp³-hybridized carbons (Fsp3) is 0.278. The molecule has 5 heteroatoms. The molecule has 23 heavy (non-hydrogen) atoms. The molecular weight excluding hydrogens is 295 g/mol. The fourth-order valence-electron chi connectivity index (χ4n) is 2.27. The molecule has 122 valence electrons. The summed E-state index contributed by atoms with van der Waals surface area (Å²) in [4.78, 5) is 11.8. The Balaban J connectivity index is 1.72. The zero-order chi connectivity index (χ0) is 16.5. The molecule has 0 aromatic heterocycles. The molecule has 0 bridgehead atoms. The van der Waals surface area contributed by atoms with Crippen molar-refractivity contribution in [3.63, 3.8) is 0 Å². The molecule has 0 saturated carbocycles. The minimum Gasteiger partial charge on any atom is -0.375 e. The van der Waals surface area contributed by atoms with Gasteiger partial charge in [0.15, 0.2) is 0 Å². The van der Waals surface area contributed by atoms with Gasteiger partial charge in [-0.3, -0.25) is 0 Å². The lowest BCUT2D eigenvalue weighted by Crippen LogP contribution is -2.39. The van der Waals surface area contributed by atoms with Gasteiger partial charge in [0.05, 0.1) is 6.10 Å². The topological polar surface area (TPSA) is 50.4 Å². The van der Waals surface area contributed by atoms with Gasteiger partial charge in [-0.15, -0.1) is 0 Å². The Morgan fingerprint density at radius 1 is 1.13 bits per heavy atom. The summed E-state index contributed by atoms with van der Waals surface area (Å²) in [5.74, 6) is -0.266. The molecule has 0 aliphatic heterocycles. The van der Waals surface area contributed by atoms with E-state index in [0.29, 0.717) is 19.5 Å². The number of hydrogen-bond acceptors (Lipinski definition) is 2. The minimum atomic E-state index is -0.266. The van der Waals surface area contributed by atoms with E-state index in [1.54, 1.807) is 13.2 Å². The van der Waals surface area contributed by atoms with E-state index in [1.165, 1.54) is 12.1 Å². The standard InChI is InChI=1S/C18H21FN2O2/c1-23-17(15-7-3-2-4-8-15)13-21-18(22)20-11-10-14-6-5-9-16(19)12-14/h2-9,12,17H,10-11,13H2,1H3,(H2,20,21,22). The van der Waals surface area contributed by atoms with Gasteiger partial charge < -0.3 is 15.4 Å². The predicted octanol–water partition coefficient (Wildman–Crippen LogP) is 3.06. The number of nitrogens with one attached hydrogen (secondary N) is 2. The Bertz CT molecular complexity index is 619. The second-order valence-corrected chi connectivity index (χ2v) is 5.15. The Labute approximate surface area is 135 Å². The van der Waals surface area contributed by atoms with Crippen LogP contribution in [0.5, 0.6) is 0 Å². The van der Waals surface area contributed by atoms with E-state index < -0.39 is 0 Å². The average Bonchev–Trinajstić information content (AvgIpc) is 2.56. The van der Waals surface area contributed by atoms with E-state index >= 15 is 0 Å². The van der Waals surface area contributed by atoms with Crippen LogP contribution in [0.25, 0.3) is 0 Å². The number of hydrogen-bond donors (Lipinski definition) is 2. The molecule has 0 radical (unpaired) electrons. The first-order valence-electron chi connectivity index (χ1n) is 7.53. The Hall–Kier alpha value is -2.40. The van der Waals surface area contributed by atoms with Gasteiger partial charge in [0.1, 0.15) is 5.82 Å². The summed E-state index contributed by atoms with van der Waals surface area (Å²) in [6.07, 6.45) is 0.391. The molecule has 0 heterocycles. The van der Waals surface area contributed by atoms with E-state index in [9.17, 15) is 9.18 Å². The number of urea groups is 1. The quantitative estimate of drug-likeness (QED) is 0.825. The molecule has 2 N–H and O–H groups in total. The molecule has 0 spiro atoms. The molecular formula is C18H21FN2O2. The van der Waals surface area contributed by atoms with Crippen LogP contribution in [-0.2, 0) is 11.2 Å². The van der Waals surface area contributed by atoms with Gasteiger partial charge in [-0.1, -0.05) is 42.5 Å². The number of halogens is 1. The van der Waals surface area contributed by atoms with Crippen molar-refractivity contribution in [3.8, 4) is 0 Å². The Morgan fingerprint density at radius 3 is 2.61 bits per heavy atom. The third-order valence-corrected chi connectivity index (χ3v) is 3.49. The van der Waals surface area contributed by atoms with Crippen molar-refractivity contribution in [2.24, 2.45) is 0 Å². The summed E-state index contributed by atoms with van der Waals surface area (Å²) in [6, 6.07) is 15.8. The lowest BCUT2D eigenvalue weighted by Gasteiger charge is -2.16. The molecule has 1 unspecified atom stereocenters. The lowest BCUT2D eigenvalue weighted by atomic mass is 10.1. The van der Waals surface area contributed by atoms with Crippen LogP contribution >= 0.6 is 0 Å². The predicted molar refractivity (Wildman–Crippen MR) is 87.7 cm³/mol. The maximum Gasteiger partial charge on any atom is 0.314 e. The number of rotatable bonds is 7. The number of ether oxygens (including phenoxy) is 1. The zero-order valence-corrected chi connectivity index (χ0v) is 13.1. The molecule has 1 atom stereocenters. The highest BCUT2D eigenvalue weighted by Gasteiger charge is 2.11. The van der Waals surface area contributed by atoms with Gasteiger partial charge in [0, 0.05) is 20.2 Å². The molecule has 4 nitrogen and oxygen atoms in total. The van der Waals surface area contributed by atoms with Gasteiger partial charge in [-0.05, 0) is 29.7 Å². The molecule has 2 amide bonds. The molecule has 0 aliphatic carbocycles. The number of methoxy groups -OCH3 is 1. The largest absolute Gasteiger partial charge is 0.375 e. The van der Waals surface area contributed by atoms with Crippen molar-refractivity contribution in [2.45, 2.75) is 12.5 Å². The van der Waals surface area contributed by atoms with E-state index in [0.717, 1.165) is 11.1 Å². The monoisotopic (exact) mass is 316 g/mol. The van der Waals surface area contributed by atoms with Crippen LogP contribution in [0.15, 0.2) is 54.6 Å². The van der Waals surface area contributed by atoms with Crippen LogP contribution in [0.2, 0.25) is 0 Å². The van der Waals surface area contributed by atoms with Crippen molar-refractivity contribution in [2.75, 3.05) is 20.2 Å². The normalized spacial score (nSPS) is 11.7. The third-order valence-electron chi connectivity index (χ3n) is 3.49. The van der Waals surface area contributed by atoms with Gasteiger partial charge in [0.2, 0.25) is 0 Å². The molecule has 2 aromatic rings. The van der Waals surface area contributed by atoms with Crippen LogP contribution < -0.4 is 10.6 Å². The number of benzene rings is 2. The van der Waals surface area contributed by atoms with E-state index in [-0.39, 0.29) is 18.0 Å². The summed E-state index contributed by atoms with van der Waals surface area (Å²) < 4.78 is 18.4. The average molecular weight is 316 g/mol. The summed E-state index contributed by atoms with van der Waals surface area (Å²) in [7, 11) is 1.61. The van der Waals surface area contributed by atoms with E-state index in [2.05, 4.69) is 10.6 Å². The zero-order valence-electron chi connectivity index (χ0n) is 13.1.